The summed E-state index contributed by atoms with van der Waals surface area (Å²) in [6.45, 7) is 2.02. The third-order valence-corrected chi connectivity index (χ3v) is 5.48. The van der Waals surface area contributed by atoms with E-state index in [-0.39, 0.29) is 11.5 Å². The first-order chi connectivity index (χ1) is 14.5. The summed E-state index contributed by atoms with van der Waals surface area (Å²) in [5, 5.41) is 9.33. The van der Waals surface area contributed by atoms with Crippen LogP contribution >= 0.6 is 0 Å². The number of ether oxygens (including phenoxy) is 1. The number of aryl methyl sites for hydroxylation is 1. The van der Waals surface area contributed by atoms with Crippen LogP contribution in [0.15, 0.2) is 54.6 Å². The van der Waals surface area contributed by atoms with Crippen LogP contribution in [0.5, 0.6) is 0 Å². The summed E-state index contributed by atoms with van der Waals surface area (Å²) in [5.41, 5.74) is 1.90. The summed E-state index contributed by atoms with van der Waals surface area (Å²) < 4.78 is 5.89. The van der Waals surface area contributed by atoms with Gasteiger partial charge in [-0.25, -0.2) is 9.59 Å². The highest BCUT2D eigenvalue weighted by Gasteiger charge is 2.33. The van der Waals surface area contributed by atoms with Crippen molar-refractivity contribution in [2.45, 2.75) is 51.2 Å². The van der Waals surface area contributed by atoms with E-state index in [1.165, 1.54) is 13.0 Å². The summed E-state index contributed by atoms with van der Waals surface area (Å²) in [5.74, 6) is -1.59. The average Bonchev–Trinajstić information content (AvgIpc) is 2.77. The average molecular weight is 409 g/mol. The fourth-order valence-corrected chi connectivity index (χ4v) is 3.88. The topological polar surface area (TPSA) is 83.9 Å². The Morgan fingerprint density at radius 1 is 1.10 bits per heavy atom. The summed E-state index contributed by atoms with van der Waals surface area (Å²) in [6.07, 6.45) is 2.93. The highest BCUT2D eigenvalue weighted by Crippen LogP contribution is 2.27. The smallest absolute Gasteiger partial charge is 0.335 e. The largest absolute Gasteiger partial charge is 0.478 e. The molecule has 6 nitrogen and oxygen atoms in total. The molecule has 2 aromatic carbocycles. The molecule has 30 heavy (non-hydrogen) atoms. The molecule has 2 aromatic rings. The van der Waals surface area contributed by atoms with Crippen LogP contribution in [0, 0.1) is 0 Å². The molecule has 0 saturated carbocycles. The molecule has 0 radical (unpaired) electrons. The number of aromatic carboxylic acids is 1. The molecule has 0 aromatic heterocycles. The van der Waals surface area contributed by atoms with Gasteiger partial charge in [-0.1, -0.05) is 42.5 Å². The third kappa shape index (κ3) is 5.47. The number of rotatable bonds is 7. The lowest BCUT2D eigenvalue weighted by Gasteiger charge is -2.34. The Hall–Kier alpha value is -3.15. The number of hydrogen-bond donors (Lipinski definition) is 1. The van der Waals surface area contributed by atoms with Crippen LogP contribution in [-0.2, 0) is 20.7 Å². The SMILES string of the molecule is CC(=O)N1CCCCC1C(=O)O[C@H](CCc1ccccc1)c1cccc(C(=O)O)c1. The number of piperidine rings is 1. The molecule has 1 unspecified atom stereocenters. The number of likely N-dealkylation sites (tertiary alicyclic amines) is 1. The molecule has 1 saturated heterocycles. The zero-order valence-electron chi connectivity index (χ0n) is 17.1. The first-order valence-corrected chi connectivity index (χ1v) is 10.3. The number of carboxylic acids is 1. The second-order valence-electron chi connectivity index (χ2n) is 7.60. The molecule has 2 atom stereocenters. The second-order valence-corrected chi connectivity index (χ2v) is 7.60. The summed E-state index contributed by atoms with van der Waals surface area (Å²) in [4.78, 5) is 37.9. The Bertz CT molecular complexity index is 895. The van der Waals surface area contributed by atoms with Gasteiger partial charge in [0, 0.05) is 13.5 Å². The van der Waals surface area contributed by atoms with Crippen LogP contribution in [0.3, 0.4) is 0 Å². The maximum Gasteiger partial charge on any atom is 0.335 e. The number of amides is 1. The van der Waals surface area contributed by atoms with Gasteiger partial charge in [0.1, 0.15) is 12.1 Å². The highest BCUT2D eigenvalue weighted by molar-refractivity contribution is 5.88. The molecule has 1 N–H and O–H groups in total. The van der Waals surface area contributed by atoms with Crippen LogP contribution < -0.4 is 0 Å². The van der Waals surface area contributed by atoms with Crippen molar-refractivity contribution in [2.75, 3.05) is 6.54 Å². The van der Waals surface area contributed by atoms with Gasteiger partial charge < -0.3 is 14.7 Å². The number of nitrogens with zero attached hydrogens (tertiary/aromatic N) is 1. The predicted molar refractivity (Wildman–Crippen MR) is 112 cm³/mol. The molecule has 1 heterocycles. The van der Waals surface area contributed by atoms with Gasteiger partial charge in [-0.15, -0.1) is 0 Å². The molecule has 1 aliphatic rings. The molecule has 1 fully saturated rings. The molecule has 0 spiro atoms. The van der Waals surface area contributed by atoms with Crippen molar-refractivity contribution in [2.24, 2.45) is 0 Å². The number of carbonyl (C=O) groups is 3. The summed E-state index contributed by atoms with van der Waals surface area (Å²) in [6, 6.07) is 15.8. The standard InChI is InChI=1S/C24H27NO5/c1-17(26)25-15-6-5-12-21(25)24(29)30-22(14-13-18-8-3-2-4-9-18)19-10-7-11-20(16-19)23(27)28/h2-4,7-11,16,21-22H,5-6,12-15H2,1H3,(H,27,28)/t21?,22-/m1/s1. The molecule has 3 rings (SSSR count). The van der Waals surface area contributed by atoms with Crippen molar-refractivity contribution < 1.29 is 24.2 Å². The lowest BCUT2D eigenvalue weighted by Crippen LogP contribution is -2.48. The number of esters is 1. The fourth-order valence-electron chi connectivity index (χ4n) is 3.88. The Morgan fingerprint density at radius 2 is 1.87 bits per heavy atom. The van der Waals surface area contributed by atoms with Gasteiger partial charge >= 0.3 is 11.9 Å². The Balaban J connectivity index is 1.81. The first-order valence-electron chi connectivity index (χ1n) is 10.3. The van der Waals surface area contributed by atoms with Gasteiger partial charge in [-0.05, 0) is 55.4 Å². The van der Waals surface area contributed by atoms with Gasteiger partial charge in [0.2, 0.25) is 5.91 Å². The van der Waals surface area contributed by atoms with E-state index in [1.54, 1.807) is 23.1 Å². The number of benzene rings is 2. The van der Waals surface area contributed by atoms with E-state index in [0.717, 1.165) is 18.4 Å². The summed E-state index contributed by atoms with van der Waals surface area (Å²) in [7, 11) is 0. The zero-order chi connectivity index (χ0) is 21.5. The minimum absolute atomic E-state index is 0.134. The minimum Gasteiger partial charge on any atom is -0.478 e. The predicted octanol–water partition coefficient (Wildman–Crippen LogP) is 4.00. The first kappa shape index (κ1) is 21.6. The van der Waals surface area contributed by atoms with Gasteiger partial charge in [0.25, 0.3) is 0 Å². The van der Waals surface area contributed by atoms with Gasteiger partial charge in [-0.3, -0.25) is 4.79 Å². The Morgan fingerprint density at radius 3 is 2.57 bits per heavy atom. The van der Waals surface area contributed by atoms with E-state index in [2.05, 4.69) is 0 Å². The van der Waals surface area contributed by atoms with E-state index < -0.39 is 24.1 Å². The van der Waals surface area contributed by atoms with E-state index in [9.17, 15) is 19.5 Å². The molecule has 6 heteroatoms. The fraction of sp³-hybridized carbons (Fsp3) is 0.375. The molecule has 158 valence electrons. The zero-order valence-corrected chi connectivity index (χ0v) is 17.1. The maximum absolute atomic E-state index is 13.0. The molecule has 0 aliphatic carbocycles. The maximum atomic E-state index is 13.0. The lowest BCUT2D eigenvalue weighted by molar-refractivity contribution is -0.161. The van der Waals surface area contributed by atoms with Crippen molar-refractivity contribution in [1.29, 1.82) is 0 Å². The van der Waals surface area contributed by atoms with Crippen molar-refractivity contribution in [3.8, 4) is 0 Å². The Kier molecular flexibility index (Phi) is 7.22. The number of hydrogen-bond acceptors (Lipinski definition) is 4. The van der Waals surface area contributed by atoms with Crippen molar-refractivity contribution in [3.63, 3.8) is 0 Å². The molecular weight excluding hydrogens is 382 g/mol. The summed E-state index contributed by atoms with van der Waals surface area (Å²) >= 11 is 0. The van der Waals surface area contributed by atoms with Gasteiger partial charge in [-0.2, -0.15) is 0 Å². The van der Waals surface area contributed by atoms with Crippen LogP contribution in [-0.4, -0.2) is 40.4 Å². The van der Waals surface area contributed by atoms with Crippen molar-refractivity contribution in [3.05, 3.63) is 71.3 Å². The van der Waals surface area contributed by atoms with Crippen LogP contribution in [0.4, 0.5) is 0 Å². The van der Waals surface area contributed by atoms with Crippen LogP contribution in [0.25, 0.3) is 0 Å². The molecule has 0 bridgehead atoms. The molecular formula is C24H27NO5. The normalized spacial score (nSPS) is 17.2. The van der Waals surface area contributed by atoms with Gasteiger partial charge in [0.05, 0.1) is 5.56 Å². The van der Waals surface area contributed by atoms with Crippen LogP contribution in [0.1, 0.15) is 60.2 Å². The van der Waals surface area contributed by atoms with E-state index in [1.807, 2.05) is 30.3 Å². The molecule has 1 amide bonds. The van der Waals surface area contributed by atoms with E-state index in [4.69, 9.17) is 4.74 Å². The number of carbonyl (C=O) groups excluding carboxylic acids is 2. The molecule has 1 aliphatic heterocycles. The monoisotopic (exact) mass is 409 g/mol. The lowest BCUT2D eigenvalue weighted by atomic mass is 9.98. The second kappa shape index (κ2) is 10.1. The van der Waals surface area contributed by atoms with Crippen molar-refractivity contribution >= 4 is 17.8 Å². The van der Waals surface area contributed by atoms with Crippen LogP contribution in [0.2, 0.25) is 0 Å². The Labute approximate surface area is 176 Å². The van der Waals surface area contributed by atoms with Gasteiger partial charge in [0.15, 0.2) is 0 Å². The quantitative estimate of drug-likeness (QED) is 0.699. The third-order valence-electron chi connectivity index (χ3n) is 5.48. The van der Waals surface area contributed by atoms with Crippen molar-refractivity contribution in [1.82, 2.24) is 4.90 Å². The number of carboxylic acid groups (broad SMARTS) is 1. The van der Waals surface area contributed by atoms with E-state index in [0.29, 0.717) is 31.4 Å². The van der Waals surface area contributed by atoms with E-state index >= 15 is 0 Å². The minimum atomic E-state index is -1.03. The highest BCUT2D eigenvalue weighted by atomic mass is 16.5.